The molecule has 3 nitrogen and oxygen atoms in total. The van der Waals surface area contributed by atoms with Gasteiger partial charge >= 0.3 is 5.97 Å². The Kier molecular flexibility index (Phi) is 5.88. The molecule has 0 saturated heterocycles. The Balaban J connectivity index is 2.74. The molecule has 106 valence electrons. The minimum atomic E-state index is -0.655. The summed E-state index contributed by atoms with van der Waals surface area (Å²) in [5.74, 6) is 0.446. The first-order chi connectivity index (χ1) is 8.92. The normalized spacial score (nSPS) is 13.9. The molecule has 0 heterocycles. The highest BCUT2D eigenvalue weighted by atomic mass is 32.2. The highest BCUT2D eigenvalue weighted by Crippen LogP contribution is 2.27. The van der Waals surface area contributed by atoms with Crippen LogP contribution in [0, 0.1) is 13.8 Å². The lowest BCUT2D eigenvalue weighted by molar-refractivity contribution is -0.149. The maximum Gasteiger partial charge on any atom is 0.326 e. The van der Waals surface area contributed by atoms with Crippen LogP contribution in [0.1, 0.15) is 25.0 Å². The fourth-order valence-corrected chi connectivity index (χ4v) is 2.86. The van der Waals surface area contributed by atoms with Crippen LogP contribution in [0.3, 0.4) is 0 Å². The molecule has 0 spiro atoms. The lowest BCUT2D eigenvalue weighted by Crippen LogP contribution is -2.50. The Bertz CT molecular complexity index is 448. The summed E-state index contributed by atoms with van der Waals surface area (Å²) < 4.78 is 5.12. The van der Waals surface area contributed by atoms with Crippen molar-refractivity contribution in [2.45, 2.75) is 38.1 Å². The van der Waals surface area contributed by atoms with Crippen molar-refractivity contribution in [3.8, 4) is 0 Å². The summed E-state index contributed by atoms with van der Waals surface area (Å²) in [6.07, 6.45) is 0. The Hall–Kier alpha value is -1.00. The molecule has 0 aliphatic heterocycles. The van der Waals surface area contributed by atoms with E-state index in [1.54, 1.807) is 18.8 Å². The van der Waals surface area contributed by atoms with Crippen molar-refractivity contribution < 1.29 is 9.53 Å². The van der Waals surface area contributed by atoms with Gasteiger partial charge in [0, 0.05) is 10.6 Å². The minimum absolute atomic E-state index is 0.199. The van der Waals surface area contributed by atoms with E-state index in [0.29, 0.717) is 12.4 Å². The fraction of sp³-hybridized carbons (Fsp3) is 0.533. The molecule has 0 amide bonds. The van der Waals surface area contributed by atoms with Gasteiger partial charge in [0.25, 0.3) is 0 Å². The first-order valence-electron chi connectivity index (χ1n) is 6.49. The summed E-state index contributed by atoms with van der Waals surface area (Å²) in [5.41, 5.74) is 1.84. The van der Waals surface area contributed by atoms with Gasteiger partial charge in [-0.15, -0.1) is 11.8 Å². The lowest BCUT2D eigenvalue weighted by Gasteiger charge is -2.26. The van der Waals surface area contributed by atoms with Crippen LogP contribution in [0.2, 0.25) is 0 Å². The van der Waals surface area contributed by atoms with Crippen LogP contribution in [0.4, 0.5) is 0 Å². The molecule has 1 atom stereocenters. The summed E-state index contributed by atoms with van der Waals surface area (Å²) in [5, 5.41) is 3.07. The lowest BCUT2D eigenvalue weighted by atomic mass is 10.1. The third-order valence-corrected chi connectivity index (χ3v) is 4.62. The monoisotopic (exact) mass is 281 g/mol. The zero-order valence-corrected chi connectivity index (χ0v) is 13.2. The van der Waals surface area contributed by atoms with Gasteiger partial charge in [-0.3, -0.25) is 4.79 Å². The second-order valence-electron chi connectivity index (χ2n) is 4.86. The van der Waals surface area contributed by atoms with E-state index in [9.17, 15) is 4.79 Å². The Morgan fingerprint density at radius 1 is 1.42 bits per heavy atom. The SMILES string of the molecule is CCOC(=O)C(C)(CSc1ccc(C)cc1C)NC. The van der Waals surface area contributed by atoms with Gasteiger partial charge in [0.1, 0.15) is 5.54 Å². The molecule has 0 aliphatic rings. The predicted octanol–water partition coefficient (Wildman–Crippen LogP) is 2.94. The molecular formula is C15H23NO2S. The Labute approximate surface area is 120 Å². The Morgan fingerprint density at radius 3 is 2.63 bits per heavy atom. The predicted molar refractivity (Wildman–Crippen MR) is 80.7 cm³/mol. The molecule has 19 heavy (non-hydrogen) atoms. The van der Waals surface area contributed by atoms with Crippen LogP contribution >= 0.6 is 11.8 Å². The highest BCUT2D eigenvalue weighted by molar-refractivity contribution is 7.99. The number of aryl methyl sites for hydroxylation is 2. The van der Waals surface area contributed by atoms with Gasteiger partial charge in [-0.2, -0.15) is 0 Å². The van der Waals surface area contributed by atoms with Crippen molar-refractivity contribution in [1.82, 2.24) is 5.32 Å². The summed E-state index contributed by atoms with van der Waals surface area (Å²) in [4.78, 5) is 13.2. The van der Waals surface area contributed by atoms with Gasteiger partial charge in [-0.05, 0) is 46.4 Å². The molecule has 4 heteroatoms. The number of rotatable bonds is 6. The molecule has 0 radical (unpaired) electrons. The molecule has 0 fully saturated rings. The van der Waals surface area contributed by atoms with Gasteiger partial charge in [0.2, 0.25) is 0 Å². The first-order valence-corrected chi connectivity index (χ1v) is 7.47. The van der Waals surface area contributed by atoms with Crippen molar-refractivity contribution >= 4 is 17.7 Å². The molecular weight excluding hydrogens is 258 g/mol. The van der Waals surface area contributed by atoms with Crippen LogP contribution in [0.25, 0.3) is 0 Å². The minimum Gasteiger partial charge on any atom is -0.465 e. The van der Waals surface area contributed by atoms with E-state index in [2.05, 4.69) is 37.4 Å². The van der Waals surface area contributed by atoms with E-state index in [1.807, 2.05) is 13.8 Å². The van der Waals surface area contributed by atoms with Crippen LogP contribution in [0.5, 0.6) is 0 Å². The Morgan fingerprint density at radius 2 is 2.11 bits per heavy atom. The maximum atomic E-state index is 12.0. The number of likely N-dealkylation sites (N-methyl/N-ethyl adjacent to an activating group) is 1. The van der Waals surface area contributed by atoms with Crippen LogP contribution in [-0.2, 0) is 9.53 Å². The van der Waals surface area contributed by atoms with E-state index in [0.717, 1.165) is 0 Å². The number of nitrogens with one attached hydrogen (secondary N) is 1. The van der Waals surface area contributed by atoms with Gasteiger partial charge in [-0.1, -0.05) is 17.7 Å². The molecule has 1 rings (SSSR count). The van der Waals surface area contributed by atoms with E-state index < -0.39 is 5.54 Å². The van der Waals surface area contributed by atoms with Gasteiger partial charge in [0.05, 0.1) is 6.61 Å². The zero-order valence-electron chi connectivity index (χ0n) is 12.4. The van der Waals surface area contributed by atoms with E-state index in [1.165, 1.54) is 16.0 Å². The van der Waals surface area contributed by atoms with E-state index in [-0.39, 0.29) is 5.97 Å². The third kappa shape index (κ3) is 4.25. The molecule has 1 N–H and O–H groups in total. The number of hydrogen-bond donors (Lipinski definition) is 1. The molecule has 0 aliphatic carbocycles. The van der Waals surface area contributed by atoms with Gasteiger partial charge in [0.15, 0.2) is 0 Å². The van der Waals surface area contributed by atoms with Crippen molar-refractivity contribution in [2.75, 3.05) is 19.4 Å². The van der Waals surface area contributed by atoms with E-state index >= 15 is 0 Å². The summed E-state index contributed by atoms with van der Waals surface area (Å²) >= 11 is 1.68. The molecule has 1 aromatic carbocycles. The second kappa shape index (κ2) is 6.96. The van der Waals surface area contributed by atoms with Crippen LogP contribution in [0.15, 0.2) is 23.1 Å². The van der Waals surface area contributed by atoms with Gasteiger partial charge in [-0.25, -0.2) is 0 Å². The zero-order chi connectivity index (χ0) is 14.5. The molecule has 1 unspecified atom stereocenters. The van der Waals surface area contributed by atoms with E-state index in [4.69, 9.17) is 4.74 Å². The average Bonchev–Trinajstić information content (AvgIpc) is 2.37. The first kappa shape index (κ1) is 16.1. The molecule has 0 aromatic heterocycles. The number of thioether (sulfide) groups is 1. The molecule has 0 bridgehead atoms. The number of carbonyl (C=O) groups is 1. The summed E-state index contributed by atoms with van der Waals surface area (Å²) in [6.45, 7) is 8.28. The topological polar surface area (TPSA) is 38.3 Å². The average molecular weight is 281 g/mol. The van der Waals surface area contributed by atoms with Crippen molar-refractivity contribution in [1.29, 1.82) is 0 Å². The molecule has 0 saturated carbocycles. The standard InChI is InChI=1S/C15H23NO2S/c1-6-18-14(17)15(4,16-5)10-19-13-8-7-11(2)9-12(13)3/h7-9,16H,6,10H2,1-5H3. The largest absolute Gasteiger partial charge is 0.465 e. The highest BCUT2D eigenvalue weighted by Gasteiger charge is 2.33. The third-order valence-electron chi connectivity index (χ3n) is 3.12. The van der Waals surface area contributed by atoms with Crippen LogP contribution < -0.4 is 5.32 Å². The number of carbonyl (C=O) groups excluding carboxylic acids is 1. The fourth-order valence-electron chi connectivity index (χ4n) is 1.71. The number of esters is 1. The van der Waals surface area contributed by atoms with Gasteiger partial charge < -0.3 is 10.1 Å². The quantitative estimate of drug-likeness (QED) is 0.643. The number of benzene rings is 1. The molecule has 1 aromatic rings. The number of hydrogen-bond acceptors (Lipinski definition) is 4. The smallest absolute Gasteiger partial charge is 0.326 e. The second-order valence-corrected chi connectivity index (χ2v) is 5.88. The van der Waals surface area contributed by atoms with Crippen molar-refractivity contribution in [3.05, 3.63) is 29.3 Å². The summed E-state index contributed by atoms with van der Waals surface area (Å²) in [6, 6.07) is 6.36. The van der Waals surface area contributed by atoms with Crippen molar-refractivity contribution in [2.24, 2.45) is 0 Å². The maximum absolute atomic E-state index is 12.0. The number of ether oxygens (including phenoxy) is 1. The van der Waals surface area contributed by atoms with Crippen molar-refractivity contribution in [3.63, 3.8) is 0 Å². The summed E-state index contributed by atoms with van der Waals surface area (Å²) in [7, 11) is 1.79. The van der Waals surface area contributed by atoms with Crippen LogP contribution in [-0.4, -0.2) is 30.9 Å².